The number of aryl methyl sites for hydroxylation is 1. The van der Waals surface area contributed by atoms with E-state index in [2.05, 4.69) is 11.1 Å². The molecule has 0 amide bonds. The quantitative estimate of drug-likeness (QED) is 0.728. The van der Waals surface area contributed by atoms with Crippen LogP contribution in [0.3, 0.4) is 0 Å². The van der Waals surface area contributed by atoms with Crippen molar-refractivity contribution in [2.75, 3.05) is 0 Å². The molecule has 2 aromatic rings. The number of hydrogen-bond donors (Lipinski definition) is 0. The molecule has 0 N–H and O–H groups in total. The predicted octanol–water partition coefficient (Wildman–Crippen LogP) is 3.07. The molecule has 16 heavy (non-hydrogen) atoms. The molecule has 0 aliphatic carbocycles. The van der Waals surface area contributed by atoms with Gasteiger partial charge in [0, 0.05) is 11.3 Å². The molecule has 0 saturated heterocycles. The maximum Gasteiger partial charge on any atom is 0.123 e. The first-order valence-electron chi connectivity index (χ1n) is 4.84. The lowest BCUT2D eigenvalue weighted by Gasteiger charge is -2.04. The molecule has 0 spiro atoms. The number of nitrogens with zero attached hydrogens (tertiary/aromatic N) is 2. The molecule has 0 bridgehead atoms. The number of nitriles is 1. The zero-order valence-corrected chi connectivity index (χ0v) is 8.74. The fourth-order valence-electron chi connectivity index (χ4n) is 1.50. The van der Waals surface area contributed by atoms with Crippen LogP contribution in [-0.2, 0) is 0 Å². The Bertz CT molecular complexity index is 570. The van der Waals surface area contributed by atoms with Crippen molar-refractivity contribution < 1.29 is 4.39 Å². The van der Waals surface area contributed by atoms with E-state index in [1.54, 1.807) is 24.3 Å². The Morgan fingerprint density at radius 3 is 2.75 bits per heavy atom. The summed E-state index contributed by atoms with van der Waals surface area (Å²) in [5.41, 5.74) is 2.41. The van der Waals surface area contributed by atoms with Gasteiger partial charge >= 0.3 is 0 Å². The van der Waals surface area contributed by atoms with E-state index < -0.39 is 0 Å². The Hall–Kier alpha value is -2.21. The lowest BCUT2D eigenvalue weighted by Crippen LogP contribution is -1.92. The van der Waals surface area contributed by atoms with E-state index in [-0.39, 0.29) is 5.82 Å². The fraction of sp³-hybridized carbons (Fsp3) is 0.0769. The summed E-state index contributed by atoms with van der Waals surface area (Å²) in [6, 6.07) is 11.6. The van der Waals surface area contributed by atoms with Gasteiger partial charge in [0.05, 0.1) is 11.3 Å². The first-order chi connectivity index (χ1) is 7.70. The highest BCUT2D eigenvalue weighted by Crippen LogP contribution is 2.22. The van der Waals surface area contributed by atoms with Crippen LogP contribution in [0.15, 0.2) is 36.4 Å². The monoisotopic (exact) mass is 212 g/mol. The molecule has 0 fully saturated rings. The summed E-state index contributed by atoms with van der Waals surface area (Å²) in [7, 11) is 0. The third-order valence-electron chi connectivity index (χ3n) is 2.25. The number of rotatable bonds is 1. The molecule has 0 atom stereocenters. The van der Waals surface area contributed by atoms with Crippen molar-refractivity contribution in [2.45, 2.75) is 6.92 Å². The summed E-state index contributed by atoms with van der Waals surface area (Å²) >= 11 is 0. The van der Waals surface area contributed by atoms with Gasteiger partial charge in [-0.3, -0.25) is 4.98 Å². The molecule has 0 radical (unpaired) electrons. The molecule has 1 aromatic carbocycles. The van der Waals surface area contributed by atoms with Crippen LogP contribution in [0.2, 0.25) is 0 Å². The maximum absolute atomic E-state index is 13.1. The molecule has 78 valence electrons. The van der Waals surface area contributed by atoms with Crippen molar-refractivity contribution in [1.29, 1.82) is 5.26 Å². The van der Waals surface area contributed by atoms with Gasteiger partial charge < -0.3 is 0 Å². The van der Waals surface area contributed by atoms with Gasteiger partial charge in [0.2, 0.25) is 0 Å². The van der Waals surface area contributed by atoms with Gasteiger partial charge in [-0.2, -0.15) is 5.26 Å². The average molecular weight is 212 g/mol. The zero-order valence-electron chi connectivity index (χ0n) is 8.74. The molecular weight excluding hydrogens is 203 g/mol. The van der Waals surface area contributed by atoms with E-state index in [1.165, 1.54) is 12.1 Å². The Labute approximate surface area is 93.0 Å². The van der Waals surface area contributed by atoms with Crippen molar-refractivity contribution in [3.8, 4) is 17.3 Å². The van der Waals surface area contributed by atoms with Crippen molar-refractivity contribution in [1.82, 2.24) is 4.98 Å². The number of halogens is 1. The summed E-state index contributed by atoms with van der Waals surface area (Å²) in [5.74, 6) is -0.329. The van der Waals surface area contributed by atoms with Gasteiger partial charge in [-0.1, -0.05) is 12.1 Å². The molecule has 0 aliphatic rings. The van der Waals surface area contributed by atoms with Gasteiger partial charge in [0.25, 0.3) is 0 Å². The molecule has 0 unspecified atom stereocenters. The van der Waals surface area contributed by atoms with Crippen LogP contribution in [-0.4, -0.2) is 4.98 Å². The molecule has 0 saturated carbocycles. The van der Waals surface area contributed by atoms with Crippen LogP contribution in [0.5, 0.6) is 0 Å². The highest BCUT2D eigenvalue weighted by molar-refractivity contribution is 5.66. The first-order valence-corrected chi connectivity index (χ1v) is 4.84. The largest absolute Gasteiger partial charge is 0.252 e. The summed E-state index contributed by atoms with van der Waals surface area (Å²) < 4.78 is 13.1. The lowest BCUT2D eigenvalue weighted by molar-refractivity contribution is 0.628. The van der Waals surface area contributed by atoms with E-state index in [9.17, 15) is 4.39 Å². The summed E-state index contributed by atoms with van der Waals surface area (Å²) in [6.07, 6.45) is 0. The standard InChI is InChI=1S/C13H9FN2/c1-9-5-6-11(8-15)13(16-9)10-3-2-4-12(14)7-10/h2-7H,1H3. The van der Waals surface area contributed by atoms with Crippen LogP contribution in [0.4, 0.5) is 4.39 Å². The number of aromatic nitrogens is 1. The Kier molecular flexibility index (Phi) is 2.65. The van der Waals surface area contributed by atoms with Gasteiger partial charge in [0.15, 0.2) is 0 Å². The molecule has 1 aromatic heterocycles. The summed E-state index contributed by atoms with van der Waals surface area (Å²) in [4.78, 5) is 4.27. The highest BCUT2D eigenvalue weighted by atomic mass is 19.1. The van der Waals surface area contributed by atoms with Crippen LogP contribution < -0.4 is 0 Å². The predicted molar refractivity (Wildman–Crippen MR) is 59.1 cm³/mol. The molecule has 3 heteroatoms. The zero-order chi connectivity index (χ0) is 11.5. The van der Waals surface area contributed by atoms with Crippen molar-refractivity contribution in [3.63, 3.8) is 0 Å². The van der Waals surface area contributed by atoms with Crippen LogP contribution >= 0.6 is 0 Å². The lowest BCUT2D eigenvalue weighted by atomic mass is 10.1. The fourth-order valence-corrected chi connectivity index (χ4v) is 1.50. The van der Waals surface area contributed by atoms with Crippen molar-refractivity contribution in [3.05, 3.63) is 53.5 Å². The topological polar surface area (TPSA) is 36.7 Å². The van der Waals surface area contributed by atoms with E-state index in [4.69, 9.17) is 5.26 Å². The van der Waals surface area contributed by atoms with E-state index in [0.717, 1.165) is 5.69 Å². The average Bonchev–Trinajstić information content (AvgIpc) is 2.29. The molecule has 2 nitrogen and oxygen atoms in total. The van der Waals surface area contributed by atoms with Gasteiger partial charge in [-0.25, -0.2) is 4.39 Å². The van der Waals surface area contributed by atoms with Crippen molar-refractivity contribution >= 4 is 0 Å². The van der Waals surface area contributed by atoms with Gasteiger partial charge in [0.1, 0.15) is 11.9 Å². The van der Waals surface area contributed by atoms with Gasteiger partial charge in [-0.05, 0) is 31.2 Å². The third kappa shape index (κ3) is 1.91. The number of pyridine rings is 1. The highest BCUT2D eigenvalue weighted by Gasteiger charge is 2.07. The summed E-state index contributed by atoms with van der Waals surface area (Å²) in [6.45, 7) is 1.84. The second kappa shape index (κ2) is 4.11. The van der Waals surface area contributed by atoms with Crippen LogP contribution in [0, 0.1) is 24.1 Å². The van der Waals surface area contributed by atoms with Crippen molar-refractivity contribution in [2.24, 2.45) is 0 Å². The Morgan fingerprint density at radius 2 is 2.06 bits per heavy atom. The Morgan fingerprint density at radius 1 is 1.25 bits per heavy atom. The first kappa shape index (κ1) is 10.3. The minimum absolute atomic E-state index is 0.329. The molecule has 1 heterocycles. The molecular formula is C13H9FN2. The van der Waals surface area contributed by atoms with E-state index in [0.29, 0.717) is 16.8 Å². The SMILES string of the molecule is Cc1ccc(C#N)c(-c2cccc(F)c2)n1. The second-order valence-electron chi connectivity index (χ2n) is 3.47. The Balaban J connectivity index is 2.64. The molecule has 2 rings (SSSR count). The normalized spacial score (nSPS) is 9.81. The van der Waals surface area contributed by atoms with Gasteiger partial charge in [-0.15, -0.1) is 0 Å². The third-order valence-corrected chi connectivity index (χ3v) is 2.25. The minimum Gasteiger partial charge on any atom is -0.252 e. The second-order valence-corrected chi connectivity index (χ2v) is 3.47. The smallest absolute Gasteiger partial charge is 0.123 e. The van der Waals surface area contributed by atoms with Crippen LogP contribution in [0.1, 0.15) is 11.3 Å². The van der Waals surface area contributed by atoms with E-state index in [1.807, 2.05) is 6.92 Å². The van der Waals surface area contributed by atoms with E-state index >= 15 is 0 Å². The minimum atomic E-state index is -0.329. The maximum atomic E-state index is 13.1. The summed E-state index contributed by atoms with van der Waals surface area (Å²) in [5, 5.41) is 8.96. The van der Waals surface area contributed by atoms with Crippen LogP contribution in [0.25, 0.3) is 11.3 Å². The number of benzene rings is 1. The number of hydrogen-bond acceptors (Lipinski definition) is 2. The molecule has 0 aliphatic heterocycles.